The normalized spacial score (nSPS) is 13.5. The van der Waals surface area contributed by atoms with Crippen molar-refractivity contribution in [2.24, 2.45) is 0 Å². The summed E-state index contributed by atoms with van der Waals surface area (Å²) in [6.45, 7) is 3.00. The second kappa shape index (κ2) is 10.3. The highest BCUT2D eigenvalue weighted by molar-refractivity contribution is 5.90. The molecule has 0 aromatic heterocycles. The summed E-state index contributed by atoms with van der Waals surface area (Å²) in [5.74, 6) is 1.17. The SMILES string of the molecule is COc1ccc(CCNC(=O)[C@H](C)OC(=O)/C=C/c2ccc3c(c2)OCCO3)cc1. The third kappa shape index (κ3) is 6.01. The Kier molecular flexibility index (Phi) is 7.32. The van der Waals surface area contributed by atoms with Crippen LogP contribution in [0.25, 0.3) is 6.08 Å². The molecule has 0 bridgehead atoms. The molecule has 0 aliphatic carbocycles. The number of fused-ring (bicyclic) bond motifs is 1. The van der Waals surface area contributed by atoms with Gasteiger partial charge in [-0.15, -0.1) is 0 Å². The summed E-state index contributed by atoms with van der Waals surface area (Å²) in [6.07, 6.45) is 2.67. The van der Waals surface area contributed by atoms with E-state index in [2.05, 4.69) is 5.32 Å². The van der Waals surface area contributed by atoms with Crippen molar-refractivity contribution in [3.05, 3.63) is 59.7 Å². The zero-order chi connectivity index (χ0) is 21.3. The standard InChI is InChI=1S/C23H25NO6/c1-16(23(26)24-12-11-17-3-7-19(27-2)8-4-17)30-22(25)10-6-18-5-9-20-21(15-18)29-14-13-28-20/h3-10,15-16H,11-14H2,1-2H3,(H,24,26)/b10-6+/t16-/m0/s1. The van der Waals surface area contributed by atoms with Crippen LogP contribution in [0, 0.1) is 0 Å². The summed E-state index contributed by atoms with van der Waals surface area (Å²) in [7, 11) is 1.61. The first-order chi connectivity index (χ1) is 14.5. The van der Waals surface area contributed by atoms with Crippen molar-refractivity contribution in [2.75, 3.05) is 26.9 Å². The lowest BCUT2D eigenvalue weighted by atomic mass is 10.1. The molecule has 30 heavy (non-hydrogen) atoms. The summed E-state index contributed by atoms with van der Waals surface area (Å²) in [5.41, 5.74) is 1.84. The van der Waals surface area contributed by atoms with E-state index in [9.17, 15) is 9.59 Å². The maximum Gasteiger partial charge on any atom is 0.331 e. The van der Waals surface area contributed by atoms with Gasteiger partial charge in [-0.05, 0) is 54.8 Å². The van der Waals surface area contributed by atoms with Crippen LogP contribution < -0.4 is 19.5 Å². The second-order valence-corrected chi connectivity index (χ2v) is 6.70. The molecule has 0 spiro atoms. The lowest BCUT2D eigenvalue weighted by Crippen LogP contribution is -2.36. The Labute approximate surface area is 175 Å². The first kappa shape index (κ1) is 21.2. The minimum absolute atomic E-state index is 0.343. The van der Waals surface area contributed by atoms with Crippen LogP contribution in [0.15, 0.2) is 48.5 Å². The molecule has 3 rings (SSSR count). The van der Waals surface area contributed by atoms with Crippen LogP contribution in [0.1, 0.15) is 18.1 Å². The predicted octanol–water partition coefficient (Wildman–Crippen LogP) is 2.77. The number of esters is 1. The van der Waals surface area contributed by atoms with Gasteiger partial charge in [0.1, 0.15) is 19.0 Å². The average Bonchev–Trinajstić information content (AvgIpc) is 2.78. The fourth-order valence-electron chi connectivity index (χ4n) is 2.86. The first-order valence-electron chi connectivity index (χ1n) is 9.74. The minimum atomic E-state index is -0.890. The van der Waals surface area contributed by atoms with Crippen molar-refractivity contribution in [2.45, 2.75) is 19.4 Å². The molecule has 0 saturated carbocycles. The van der Waals surface area contributed by atoms with Crippen molar-refractivity contribution >= 4 is 18.0 Å². The zero-order valence-electron chi connectivity index (χ0n) is 17.1. The Morgan fingerprint density at radius 1 is 1.10 bits per heavy atom. The van der Waals surface area contributed by atoms with Gasteiger partial charge < -0.3 is 24.3 Å². The van der Waals surface area contributed by atoms with E-state index < -0.39 is 12.1 Å². The van der Waals surface area contributed by atoms with Gasteiger partial charge in [-0.2, -0.15) is 0 Å². The maximum atomic E-state index is 12.1. The lowest BCUT2D eigenvalue weighted by Gasteiger charge is -2.18. The quantitative estimate of drug-likeness (QED) is 0.531. The van der Waals surface area contributed by atoms with Gasteiger partial charge in [0.2, 0.25) is 0 Å². The zero-order valence-corrected chi connectivity index (χ0v) is 17.1. The third-order valence-electron chi connectivity index (χ3n) is 4.51. The molecule has 158 valence electrons. The summed E-state index contributed by atoms with van der Waals surface area (Å²) in [4.78, 5) is 24.2. The molecular weight excluding hydrogens is 386 g/mol. The fraction of sp³-hybridized carbons (Fsp3) is 0.304. The van der Waals surface area contributed by atoms with Gasteiger partial charge >= 0.3 is 5.97 Å². The van der Waals surface area contributed by atoms with Crippen LogP contribution in [-0.2, 0) is 20.7 Å². The van der Waals surface area contributed by atoms with E-state index in [-0.39, 0.29) is 5.91 Å². The number of hydrogen-bond donors (Lipinski definition) is 1. The van der Waals surface area contributed by atoms with Gasteiger partial charge in [0.25, 0.3) is 5.91 Å². The number of rotatable bonds is 8. The predicted molar refractivity (Wildman–Crippen MR) is 112 cm³/mol. The smallest absolute Gasteiger partial charge is 0.331 e. The van der Waals surface area contributed by atoms with E-state index in [0.29, 0.717) is 37.7 Å². The molecule has 0 saturated heterocycles. The van der Waals surface area contributed by atoms with Crippen LogP contribution in [0.2, 0.25) is 0 Å². The molecule has 1 aliphatic rings. The van der Waals surface area contributed by atoms with E-state index in [1.165, 1.54) is 6.08 Å². The maximum absolute atomic E-state index is 12.1. The number of methoxy groups -OCH3 is 1. The van der Waals surface area contributed by atoms with Crippen molar-refractivity contribution in [1.82, 2.24) is 5.32 Å². The summed E-state index contributed by atoms with van der Waals surface area (Å²) in [6, 6.07) is 13.0. The Morgan fingerprint density at radius 2 is 1.83 bits per heavy atom. The molecule has 7 heteroatoms. The van der Waals surface area contributed by atoms with Crippen LogP contribution in [0.4, 0.5) is 0 Å². The highest BCUT2D eigenvalue weighted by Crippen LogP contribution is 2.31. The number of hydrogen-bond acceptors (Lipinski definition) is 6. The van der Waals surface area contributed by atoms with Crippen LogP contribution in [0.5, 0.6) is 17.2 Å². The largest absolute Gasteiger partial charge is 0.497 e. The van der Waals surface area contributed by atoms with Gasteiger partial charge in [-0.3, -0.25) is 4.79 Å². The van der Waals surface area contributed by atoms with Crippen LogP contribution >= 0.6 is 0 Å². The van der Waals surface area contributed by atoms with Gasteiger partial charge in [0.15, 0.2) is 17.6 Å². The molecule has 1 heterocycles. The van der Waals surface area contributed by atoms with Crippen molar-refractivity contribution in [1.29, 1.82) is 0 Å². The lowest BCUT2D eigenvalue weighted by molar-refractivity contribution is -0.150. The summed E-state index contributed by atoms with van der Waals surface area (Å²) < 4.78 is 21.3. The molecule has 2 aromatic rings. The van der Waals surface area contributed by atoms with Crippen molar-refractivity contribution in [3.63, 3.8) is 0 Å². The van der Waals surface area contributed by atoms with Gasteiger partial charge in [-0.1, -0.05) is 18.2 Å². The van der Waals surface area contributed by atoms with E-state index in [1.807, 2.05) is 30.3 Å². The van der Waals surface area contributed by atoms with Gasteiger partial charge in [0.05, 0.1) is 7.11 Å². The minimum Gasteiger partial charge on any atom is -0.497 e. The third-order valence-corrected chi connectivity index (χ3v) is 4.51. The molecule has 1 atom stereocenters. The number of amides is 1. The number of nitrogens with one attached hydrogen (secondary N) is 1. The Bertz CT molecular complexity index is 906. The molecule has 1 amide bonds. The molecule has 1 aliphatic heterocycles. The number of ether oxygens (including phenoxy) is 4. The van der Waals surface area contributed by atoms with Crippen LogP contribution in [-0.4, -0.2) is 44.8 Å². The monoisotopic (exact) mass is 411 g/mol. The van der Waals surface area contributed by atoms with E-state index in [0.717, 1.165) is 16.9 Å². The molecule has 7 nitrogen and oxygen atoms in total. The molecule has 0 unspecified atom stereocenters. The molecule has 0 radical (unpaired) electrons. The molecule has 1 N–H and O–H groups in total. The summed E-state index contributed by atoms with van der Waals surface area (Å²) >= 11 is 0. The van der Waals surface area contributed by atoms with Gasteiger partial charge in [0, 0.05) is 12.6 Å². The molecule has 0 fully saturated rings. The first-order valence-corrected chi connectivity index (χ1v) is 9.74. The fourth-order valence-corrected chi connectivity index (χ4v) is 2.86. The van der Waals surface area contributed by atoms with Crippen LogP contribution in [0.3, 0.4) is 0 Å². The molecule has 2 aromatic carbocycles. The highest BCUT2D eigenvalue weighted by atomic mass is 16.6. The average molecular weight is 411 g/mol. The molecular formula is C23H25NO6. The Hall–Kier alpha value is -3.48. The van der Waals surface area contributed by atoms with E-state index in [4.69, 9.17) is 18.9 Å². The van der Waals surface area contributed by atoms with E-state index >= 15 is 0 Å². The second-order valence-electron chi connectivity index (χ2n) is 6.70. The Morgan fingerprint density at radius 3 is 2.57 bits per heavy atom. The topological polar surface area (TPSA) is 83.1 Å². The highest BCUT2D eigenvalue weighted by Gasteiger charge is 2.16. The number of benzene rings is 2. The van der Waals surface area contributed by atoms with Gasteiger partial charge in [-0.25, -0.2) is 4.79 Å². The van der Waals surface area contributed by atoms with Crippen molar-refractivity contribution < 1.29 is 28.5 Å². The van der Waals surface area contributed by atoms with Crippen molar-refractivity contribution in [3.8, 4) is 17.2 Å². The van der Waals surface area contributed by atoms with E-state index in [1.54, 1.807) is 32.2 Å². The summed E-state index contributed by atoms with van der Waals surface area (Å²) in [5, 5.41) is 2.77. The Balaban J connectivity index is 1.42. The number of carbonyl (C=O) groups is 2. The number of carbonyl (C=O) groups excluding carboxylic acids is 2.